The summed E-state index contributed by atoms with van der Waals surface area (Å²) in [6.07, 6.45) is 2.65. The van der Waals surface area contributed by atoms with Gasteiger partial charge in [-0.3, -0.25) is 4.99 Å². The number of hydrogen-bond donors (Lipinski definition) is 2. The summed E-state index contributed by atoms with van der Waals surface area (Å²) in [5.74, 6) is 4.68. The molecule has 10 nitrogen and oxygen atoms in total. The highest BCUT2D eigenvalue weighted by atomic mass is 127. The van der Waals surface area contributed by atoms with Gasteiger partial charge in [0.1, 0.15) is 29.7 Å². The van der Waals surface area contributed by atoms with Crippen LogP contribution in [0.5, 0.6) is 17.2 Å². The van der Waals surface area contributed by atoms with E-state index in [2.05, 4.69) is 27.6 Å². The van der Waals surface area contributed by atoms with Crippen LogP contribution >= 0.6 is 24.0 Å². The lowest BCUT2D eigenvalue weighted by molar-refractivity contribution is 0.177. The third-order valence-electron chi connectivity index (χ3n) is 5.03. The van der Waals surface area contributed by atoms with Crippen LogP contribution in [0.25, 0.3) is 0 Å². The minimum atomic E-state index is 0. The van der Waals surface area contributed by atoms with E-state index in [1.165, 1.54) is 0 Å². The number of nitrogens with zero attached hydrogens (tertiary/aromatic N) is 4. The van der Waals surface area contributed by atoms with Crippen molar-refractivity contribution < 1.29 is 18.9 Å². The van der Waals surface area contributed by atoms with Crippen molar-refractivity contribution in [2.24, 2.45) is 4.99 Å². The zero-order chi connectivity index (χ0) is 22.8. The standard InChI is InChI=1S/C22H34N6O4.HI/c1-5-23-22(25-16-7-8-21-26-20(15-29-2)27-28(21)14-16)24-9-6-10-32-19-12-17(30-3)11-18(13-19)31-4;/h11-13,16H,5-10,14-15H2,1-4H3,(H2,23,24,25);1H. The number of aliphatic imine (C=N–C) groups is 1. The van der Waals surface area contributed by atoms with Gasteiger partial charge in [0, 0.05) is 57.3 Å². The number of aromatic nitrogens is 3. The molecule has 2 heterocycles. The fourth-order valence-corrected chi connectivity index (χ4v) is 3.49. The molecule has 0 saturated heterocycles. The molecule has 3 rings (SSSR count). The van der Waals surface area contributed by atoms with Gasteiger partial charge in [-0.1, -0.05) is 0 Å². The molecule has 33 heavy (non-hydrogen) atoms. The summed E-state index contributed by atoms with van der Waals surface area (Å²) >= 11 is 0. The van der Waals surface area contributed by atoms with Crippen molar-refractivity contribution in [3.63, 3.8) is 0 Å². The normalized spacial score (nSPS) is 15.3. The van der Waals surface area contributed by atoms with E-state index in [1.54, 1.807) is 21.3 Å². The minimum absolute atomic E-state index is 0. The van der Waals surface area contributed by atoms with Crippen LogP contribution in [0.2, 0.25) is 0 Å². The molecule has 1 aliphatic rings. The zero-order valence-electron chi connectivity index (χ0n) is 19.8. The van der Waals surface area contributed by atoms with E-state index in [-0.39, 0.29) is 30.0 Å². The van der Waals surface area contributed by atoms with Crippen molar-refractivity contribution in [1.82, 2.24) is 25.4 Å². The molecule has 1 aliphatic heterocycles. The van der Waals surface area contributed by atoms with Gasteiger partial charge in [0.05, 0.1) is 27.4 Å². The number of nitrogens with one attached hydrogen (secondary N) is 2. The van der Waals surface area contributed by atoms with Gasteiger partial charge in [0.2, 0.25) is 0 Å². The minimum Gasteiger partial charge on any atom is -0.496 e. The lowest BCUT2D eigenvalue weighted by Crippen LogP contribution is -2.47. The number of methoxy groups -OCH3 is 3. The maximum atomic E-state index is 5.85. The van der Waals surface area contributed by atoms with Crippen molar-refractivity contribution in [3.8, 4) is 17.2 Å². The molecular formula is C22H35IN6O4. The SMILES string of the molecule is CCNC(=NCCCOc1cc(OC)cc(OC)c1)NC1CCc2nc(COC)nn2C1.I. The Balaban J connectivity index is 0.00000385. The van der Waals surface area contributed by atoms with Gasteiger partial charge in [-0.05, 0) is 13.3 Å². The number of guanidine groups is 1. The van der Waals surface area contributed by atoms with Crippen LogP contribution in [-0.4, -0.2) is 67.8 Å². The first-order valence-corrected chi connectivity index (χ1v) is 11.0. The summed E-state index contributed by atoms with van der Waals surface area (Å²) in [6, 6.07) is 5.75. The second-order valence-corrected chi connectivity index (χ2v) is 7.45. The highest BCUT2D eigenvalue weighted by molar-refractivity contribution is 14.0. The van der Waals surface area contributed by atoms with Gasteiger partial charge in [-0.15, -0.1) is 24.0 Å². The van der Waals surface area contributed by atoms with Gasteiger partial charge in [-0.25, -0.2) is 9.67 Å². The first kappa shape index (κ1) is 27.0. The Morgan fingerprint density at radius 2 is 1.88 bits per heavy atom. The number of hydrogen-bond acceptors (Lipinski definition) is 7. The van der Waals surface area contributed by atoms with E-state index in [1.807, 2.05) is 22.9 Å². The third kappa shape index (κ3) is 8.22. The second kappa shape index (κ2) is 14.1. The number of fused-ring (bicyclic) bond motifs is 1. The molecule has 1 atom stereocenters. The topological polar surface area (TPSA) is 104 Å². The summed E-state index contributed by atoms with van der Waals surface area (Å²) < 4.78 is 23.5. The summed E-state index contributed by atoms with van der Waals surface area (Å²) in [5, 5.41) is 11.4. The molecule has 11 heteroatoms. The lowest BCUT2D eigenvalue weighted by Gasteiger charge is -2.25. The van der Waals surface area contributed by atoms with Crippen LogP contribution in [0.15, 0.2) is 23.2 Å². The molecule has 0 bridgehead atoms. The molecule has 1 aromatic heterocycles. The lowest BCUT2D eigenvalue weighted by atomic mass is 10.1. The van der Waals surface area contributed by atoms with Crippen LogP contribution in [0.4, 0.5) is 0 Å². The van der Waals surface area contributed by atoms with Crippen molar-refractivity contribution >= 4 is 29.9 Å². The Morgan fingerprint density at radius 1 is 1.15 bits per heavy atom. The Bertz CT molecular complexity index is 870. The highest BCUT2D eigenvalue weighted by Gasteiger charge is 2.22. The van der Waals surface area contributed by atoms with Crippen molar-refractivity contribution in [3.05, 3.63) is 29.8 Å². The number of benzene rings is 1. The van der Waals surface area contributed by atoms with Gasteiger partial charge in [0.25, 0.3) is 0 Å². The average Bonchev–Trinajstić information content (AvgIpc) is 3.20. The van der Waals surface area contributed by atoms with Crippen molar-refractivity contribution in [2.75, 3.05) is 41.0 Å². The summed E-state index contributed by atoms with van der Waals surface area (Å²) in [5.41, 5.74) is 0. The predicted molar refractivity (Wildman–Crippen MR) is 137 cm³/mol. The Kier molecular flexibility index (Phi) is 11.5. The molecule has 0 radical (unpaired) electrons. The Hall–Kier alpha value is -2.28. The fourth-order valence-electron chi connectivity index (χ4n) is 3.49. The number of rotatable bonds is 11. The molecule has 0 spiro atoms. The molecule has 0 amide bonds. The molecule has 2 aromatic rings. The zero-order valence-corrected chi connectivity index (χ0v) is 22.1. The number of halogens is 1. The number of ether oxygens (including phenoxy) is 4. The van der Waals surface area contributed by atoms with Gasteiger partial charge >= 0.3 is 0 Å². The van der Waals surface area contributed by atoms with Gasteiger partial charge < -0.3 is 29.6 Å². The van der Waals surface area contributed by atoms with Crippen LogP contribution in [-0.2, 0) is 24.3 Å². The van der Waals surface area contributed by atoms with Crippen molar-refractivity contribution in [2.45, 2.75) is 45.4 Å². The predicted octanol–water partition coefficient (Wildman–Crippen LogP) is 2.40. The Morgan fingerprint density at radius 3 is 2.55 bits per heavy atom. The third-order valence-corrected chi connectivity index (χ3v) is 5.03. The highest BCUT2D eigenvalue weighted by Crippen LogP contribution is 2.27. The molecule has 184 valence electrons. The first-order chi connectivity index (χ1) is 15.6. The quantitative estimate of drug-likeness (QED) is 0.183. The van der Waals surface area contributed by atoms with E-state index in [4.69, 9.17) is 23.9 Å². The monoisotopic (exact) mass is 574 g/mol. The molecule has 0 saturated carbocycles. The van der Waals surface area contributed by atoms with E-state index in [9.17, 15) is 0 Å². The second-order valence-electron chi connectivity index (χ2n) is 7.45. The summed E-state index contributed by atoms with van der Waals surface area (Å²) in [4.78, 5) is 9.23. The maximum absolute atomic E-state index is 5.85. The van der Waals surface area contributed by atoms with E-state index in [0.717, 1.165) is 50.0 Å². The largest absolute Gasteiger partial charge is 0.496 e. The molecule has 2 N–H and O–H groups in total. The van der Waals surface area contributed by atoms with Crippen LogP contribution < -0.4 is 24.8 Å². The van der Waals surface area contributed by atoms with Crippen LogP contribution in [0.3, 0.4) is 0 Å². The average molecular weight is 574 g/mol. The fraction of sp³-hybridized carbons (Fsp3) is 0.591. The van der Waals surface area contributed by atoms with Crippen molar-refractivity contribution in [1.29, 1.82) is 0 Å². The molecule has 0 fully saturated rings. The van der Waals surface area contributed by atoms with Gasteiger partial charge in [-0.2, -0.15) is 5.10 Å². The molecule has 0 aliphatic carbocycles. The van der Waals surface area contributed by atoms with Gasteiger partial charge in [0.15, 0.2) is 11.8 Å². The molecular weight excluding hydrogens is 539 g/mol. The summed E-state index contributed by atoms with van der Waals surface area (Å²) in [7, 11) is 4.90. The van der Waals surface area contributed by atoms with E-state index >= 15 is 0 Å². The smallest absolute Gasteiger partial charge is 0.191 e. The number of aryl methyl sites for hydroxylation is 1. The molecule has 1 aromatic carbocycles. The summed E-state index contributed by atoms with van der Waals surface area (Å²) in [6.45, 7) is 5.25. The van der Waals surface area contributed by atoms with E-state index in [0.29, 0.717) is 37.0 Å². The molecule has 1 unspecified atom stereocenters. The van der Waals surface area contributed by atoms with Crippen LogP contribution in [0, 0.1) is 0 Å². The van der Waals surface area contributed by atoms with E-state index < -0.39 is 0 Å². The maximum Gasteiger partial charge on any atom is 0.191 e. The van der Waals surface area contributed by atoms with Crippen LogP contribution in [0.1, 0.15) is 31.4 Å². The Labute approximate surface area is 212 Å². The first-order valence-electron chi connectivity index (χ1n) is 11.0.